The average molecular weight is 242 g/mol. The highest BCUT2D eigenvalue weighted by atomic mass is 35.5. The Morgan fingerprint density at radius 3 is 2.69 bits per heavy atom. The molecule has 0 aliphatic heterocycles. The van der Waals surface area contributed by atoms with Crippen LogP contribution < -0.4 is 5.73 Å². The largest absolute Gasteiger partial charge is 0.478 e. The molecule has 1 aliphatic rings. The quantitative estimate of drug-likeness (QED) is 0.794. The van der Waals surface area contributed by atoms with Crippen molar-refractivity contribution in [1.29, 1.82) is 0 Å². The number of hydrogen-bond acceptors (Lipinski definition) is 2. The zero-order valence-corrected chi connectivity index (χ0v) is 10.2. The molecule has 0 amide bonds. The van der Waals surface area contributed by atoms with E-state index in [4.69, 9.17) is 10.8 Å². The van der Waals surface area contributed by atoms with Crippen molar-refractivity contribution in [3.63, 3.8) is 0 Å². The van der Waals surface area contributed by atoms with Gasteiger partial charge in [-0.1, -0.05) is 19.9 Å². The number of carboxylic acid groups (broad SMARTS) is 1. The third-order valence-electron chi connectivity index (χ3n) is 3.16. The molecule has 0 heterocycles. The molecule has 1 aliphatic carbocycles. The summed E-state index contributed by atoms with van der Waals surface area (Å²) in [6.07, 6.45) is 0.880. The summed E-state index contributed by atoms with van der Waals surface area (Å²) in [5.74, 6) is -0.894. The lowest BCUT2D eigenvalue weighted by atomic mass is 9.86. The number of fused-ring (bicyclic) bond motifs is 1. The standard InChI is InChI=1S/C12H15NO2.ClH/c1-12(2)6-10(13)8-5-7(11(14)15)3-4-9(8)12;/h3-5,10H,6,13H2,1-2H3,(H,14,15);1H/t10-;/m0./s1. The monoisotopic (exact) mass is 241 g/mol. The van der Waals surface area contributed by atoms with Crippen molar-refractivity contribution in [2.45, 2.75) is 31.7 Å². The molecule has 0 saturated heterocycles. The maximum atomic E-state index is 10.8. The molecule has 0 saturated carbocycles. The van der Waals surface area contributed by atoms with E-state index < -0.39 is 5.97 Å². The molecule has 0 fully saturated rings. The molecule has 1 atom stereocenters. The van der Waals surface area contributed by atoms with Crippen molar-refractivity contribution in [2.75, 3.05) is 0 Å². The van der Waals surface area contributed by atoms with Gasteiger partial charge < -0.3 is 10.8 Å². The van der Waals surface area contributed by atoms with Crippen molar-refractivity contribution in [3.8, 4) is 0 Å². The van der Waals surface area contributed by atoms with Gasteiger partial charge in [-0.2, -0.15) is 0 Å². The van der Waals surface area contributed by atoms with Crippen LogP contribution in [-0.2, 0) is 5.41 Å². The van der Waals surface area contributed by atoms with E-state index in [-0.39, 0.29) is 23.9 Å². The molecule has 3 nitrogen and oxygen atoms in total. The molecule has 1 aromatic carbocycles. The van der Waals surface area contributed by atoms with Gasteiger partial charge in [0.25, 0.3) is 0 Å². The molecule has 3 N–H and O–H groups in total. The van der Waals surface area contributed by atoms with Gasteiger partial charge in [0, 0.05) is 6.04 Å². The second kappa shape index (κ2) is 4.07. The fourth-order valence-corrected chi connectivity index (χ4v) is 2.39. The van der Waals surface area contributed by atoms with E-state index in [2.05, 4.69) is 13.8 Å². The first-order chi connectivity index (χ1) is 6.92. The molecule has 1 aromatic rings. The number of nitrogens with two attached hydrogens (primary N) is 1. The van der Waals surface area contributed by atoms with Crippen LogP contribution in [0.4, 0.5) is 0 Å². The van der Waals surface area contributed by atoms with Gasteiger partial charge in [-0.15, -0.1) is 12.4 Å². The van der Waals surface area contributed by atoms with Crippen LogP contribution >= 0.6 is 12.4 Å². The summed E-state index contributed by atoms with van der Waals surface area (Å²) in [7, 11) is 0. The Bertz CT molecular complexity index is 429. The van der Waals surface area contributed by atoms with Gasteiger partial charge in [0.1, 0.15) is 0 Å². The van der Waals surface area contributed by atoms with Crippen LogP contribution in [0.25, 0.3) is 0 Å². The number of aromatic carboxylic acids is 1. The molecule has 0 radical (unpaired) electrons. The first kappa shape index (κ1) is 13.0. The third kappa shape index (κ3) is 1.93. The van der Waals surface area contributed by atoms with Crippen LogP contribution in [0.3, 0.4) is 0 Å². The molecule has 88 valence electrons. The fraction of sp³-hybridized carbons (Fsp3) is 0.417. The lowest BCUT2D eigenvalue weighted by Gasteiger charge is -2.18. The van der Waals surface area contributed by atoms with Gasteiger partial charge in [-0.25, -0.2) is 4.79 Å². The lowest BCUT2D eigenvalue weighted by Crippen LogP contribution is -2.14. The van der Waals surface area contributed by atoms with Crippen LogP contribution in [0.15, 0.2) is 18.2 Å². The van der Waals surface area contributed by atoms with Crippen molar-refractivity contribution in [3.05, 3.63) is 34.9 Å². The summed E-state index contributed by atoms with van der Waals surface area (Å²) in [6, 6.07) is 5.22. The Labute approximate surface area is 101 Å². The Morgan fingerprint density at radius 2 is 2.12 bits per heavy atom. The topological polar surface area (TPSA) is 63.3 Å². The highest BCUT2D eigenvalue weighted by Gasteiger charge is 2.35. The second-order valence-corrected chi connectivity index (χ2v) is 4.80. The van der Waals surface area contributed by atoms with E-state index in [9.17, 15) is 4.79 Å². The smallest absolute Gasteiger partial charge is 0.335 e. The van der Waals surface area contributed by atoms with Crippen molar-refractivity contribution in [1.82, 2.24) is 0 Å². The number of benzene rings is 1. The van der Waals surface area contributed by atoms with Crippen LogP contribution in [0, 0.1) is 0 Å². The Morgan fingerprint density at radius 1 is 1.50 bits per heavy atom. The van der Waals surface area contributed by atoms with Crippen molar-refractivity contribution >= 4 is 18.4 Å². The maximum Gasteiger partial charge on any atom is 0.335 e. The zero-order chi connectivity index (χ0) is 11.2. The van der Waals surface area contributed by atoms with E-state index in [0.717, 1.165) is 12.0 Å². The summed E-state index contributed by atoms with van der Waals surface area (Å²) in [4.78, 5) is 10.8. The lowest BCUT2D eigenvalue weighted by molar-refractivity contribution is 0.0696. The highest BCUT2D eigenvalue weighted by molar-refractivity contribution is 5.88. The molecule has 4 heteroatoms. The first-order valence-corrected chi connectivity index (χ1v) is 5.05. The molecule has 2 rings (SSSR count). The normalized spacial score (nSPS) is 21.1. The minimum atomic E-state index is -0.894. The van der Waals surface area contributed by atoms with Gasteiger partial charge in [0.05, 0.1) is 5.56 Å². The van der Waals surface area contributed by atoms with E-state index in [1.807, 2.05) is 6.07 Å². The van der Waals surface area contributed by atoms with Gasteiger partial charge in [0.2, 0.25) is 0 Å². The van der Waals surface area contributed by atoms with Crippen molar-refractivity contribution < 1.29 is 9.90 Å². The minimum Gasteiger partial charge on any atom is -0.478 e. The zero-order valence-electron chi connectivity index (χ0n) is 9.36. The molecule has 0 spiro atoms. The Balaban J connectivity index is 0.00000128. The summed E-state index contributed by atoms with van der Waals surface area (Å²) in [6.45, 7) is 4.28. The highest BCUT2D eigenvalue weighted by Crippen LogP contribution is 2.43. The minimum absolute atomic E-state index is 0. The fourth-order valence-electron chi connectivity index (χ4n) is 2.39. The van der Waals surface area contributed by atoms with E-state index in [0.29, 0.717) is 5.56 Å². The van der Waals surface area contributed by atoms with Gasteiger partial charge in [0.15, 0.2) is 0 Å². The Kier molecular flexibility index (Phi) is 3.31. The summed E-state index contributed by atoms with van der Waals surface area (Å²) < 4.78 is 0. The number of carboxylic acids is 1. The molecule has 0 aromatic heterocycles. The van der Waals surface area contributed by atoms with Crippen LogP contribution in [-0.4, -0.2) is 11.1 Å². The van der Waals surface area contributed by atoms with Crippen LogP contribution in [0.1, 0.15) is 47.8 Å². The van der Waals surface area contributed by atoms with Crippen LogP contribution in [0.2, 0.25) is 0 Å². The Hall–Kier alpha value is -1.06. The number of halogens is 1. The number of carbonyl (C=O) groups is 1. The second-order valence-electron chi connectivity index (χ2n) is 4.80. The van der Waals surface area contributed by atoms with Gasteiger partial charge >= 0.3 is 5.97 Å². The van der Waals surface area contributed by atoms with E-state index in [1.165, 1.54) is 5.56 Å². The SMILES string of the molecule is CC1(C)C[C@H](N)c2cc(C(=O)O)ccc21.Cl. The predicted octanol–water partition coefficient (Wildman–Crippen LogP) is 2.49. The first-order valence-electron chi connectivity index (χ1n) is 5.05. The molecule has 16 heavy (non-hydrogen) atoms. The van der Waals surface area contributed by atoms with Gasteiger partial charge in [-0.05, 0) is 35.1 Å². The number of hydrogen-bond donors (Lipinski definition) is 2. The summed E-state index contributed by atoms with van der Waals surface area (Å²) in [5, 5.41) is 8.89. The third-order valence-corrected chi connectivity index (χ3v) is 3.16. The predicted molar refractivity (Wildman–Crippen MR) is 65.2 cm³/mol. The van der Waals surface area contributed by atoms with Crippen molar-refractivity contribution in [2.24, 2.45) is 5.73 Å². The summed E-state index contributed by atoms with van der Waals surface area (Å²) >= 11 is 0. The average Bonchev–Trinajstić information content (AvgIpc) is 2.37. The summed E-state index contributed by atoms with van der Waals surface area (Å²) in [5.41, 5.74) is 8.55. The van der Waals surface area contributed by atoms with E-state index in [1.54, 1.807) is 12.1 Å². The van der Waals surface area contributed by atoms with E-state index >= 15 is 0 Å². The molecular formula is C12H16ClNO2. The molecule has 0 bridgehead atoms. The van der Waals surface area contributed by atoms with Crippen LogP contribution in [0.5, 0.6) is 0 Å². The van der Waals surface area contributed by atoms with Gasteiger partial charge in [-0.3, -0.25) is 0 Å². The molecular weight excluding hydrogens is 226 g/mol. The molecule has 0 unspecified atom stereocenters. The maximum absolute atomic E-state index is 10.8. The number of rotatable bonds is 1.